The number of carbonyl (C=O) groups is 1. The number of nitrogens with zero attached hydrogens (tertiary/aromatic N) is 3. The molecule has 0 aliphatic carbocycles. The second kappa shape index (κ2) is 6.41. The number of carbonyl (C=O) groups excluding carboxylic acids is 1. The smallest absolute Gasteiger partial charge is 0.364 e. The number of rotatable bonds is 5. The molecule has 0 aromatic carbocycles. The molecule has 0 aliphatic heterocycles. The Bertz CT molecular complexity index is 420. The van der Waals surface area contributed by atoms with Gasteiger partial charge >= 0.3 is 5.97 Å². The van der Waals surface area contributed by atoms with Gasteiger partial charge in [0.05, 0.1) is 6.61 Å². The molecule has 0 aliphatic rings. The zero-order valence-corrected chi connectivity index (χ0v) is 9.71. The number of ether oxygens (including phenoxy) is 1. The van der Waals surface area contributed by atoms with E-state index in [1.54, 1.807) is 13.8 Å². The first-order valence-electron chi connectivity index (χ1n) is 5.15. The summed E-state index contributed by atoms with van der Waals surface area (Å²) in [5.74, 6) is -0.327. The second-order valence-electron chi connectivity index (χ2n) is 2.88. The Morgan fingerprint density at radius 1 is 1.47 bits per heavy atom. The van der Waals surface area contributed by atoms with Gasteiger partial charge in [0.15, 0.2) is 5.82 Å². The number of nitrogen functional groups attached to an aromatic ring is 1. The van der Waals surface area contributed by atoms with Gasteiger partial charge in [-0.05, 0) is 19.9 Å². The van der Waals surface area contributed by atoms with Crippen LogP contribution in [0.2, 0.25) is 0 Å². The van der Waals surface area contributed by atoms with Crippen LogP contribution in [-0.4, -0.2) is 34.9 Å². The summed E-state index contributed by atoms with van der Waals surface area (Å²) in [4.78, 5) is 24.2. The monoisotopic (exact) mass is 238 g/mol. The molecule has 0 fully saturated rings. The van der Waals surface area contributed by atoms with Crippen molar-refractivity contribution >= 4 is 17.5 Å². The molecule has 0 radical (unpaired) electrons. The molecule has 1 aromatic rings. The van der Waals surface area contributed by atoms with E-state index in [0.29, 0.717) is 6.61 Å². The van der Waals surface area contributed by atoms with E-state index in [1.165, 1.54) is 12.3 Å². The standard InChI is InChI=1S/C10H14N4O3/c1-3-16-10(15)8(14-17-4-2)9-12-6-5-7(11)13-9/h5-6H,3-4H2,1-2H3,(H2,11,12,13). The first-order chi connectivity index (χ1) is 8.19. The molecule has 0 saturated heterocycles. The summed E-state index contributed by atoms with van der Waals surface area (Å²) in [6, 6.07) is 1.51. The number of anilines is 1. The average Bonchev–Trinajstić information content (AvgIpc) is 2.30. The van der Waals surface area contributed by atoms with E-state index in [0.717, 1.165) is 0 Å². The van der Waals surface area contributed by atoms with Crippen LogP contribution in [0.4, 0.5) is 5.82 Å². The van der Waals surface area contributed by atoms with Crippen molar-refractivity contribution < 1.29 is 14.4 Å². The molecular weight excluding hydrogens is 224 g/mol. The van der Waals surface area contributed by atoms with Crippen LogP contribution >= 0.6 is 0 Å². The average molecular weight is 238 g/mol. The Morgan fingerprint density at radius 2 is 2.24 bits per heavy atom. The van der Waals surface area contributed by atoms with Gasteiger partial charge in [-0.3, -0.25) is 0 Å². The first kappa shape index (κ1) is 12.9. The van der Waals surface area contributed by atoms with Gasteiger partial charge in [-0.2, -0.15) is 0 Å². The lowest BCUT2D eigenvalue weighted by Crippen LogP contribution is -2.22. The maximum atomic E-state index is 11.6. The number of nitrogens with two attached hydrogens (primary N) is 1. The molecular formula is C10H14N4O3. The first-order valence-corrected chi connectivity index (χ1v) is 5.15. The van der Waals surface area contributed by atoms with Gasteiger partial charge in [0.25, 0.3) is 0 Å². The van der Waals surface area contributed by atoms with E-state index in [9.17, 15) is 4.79 Å². The van der Waals surface area contributed by atoms with E-state index in [-0.39, 0.29) is 24.0 Å². The molecule has 2 N–H and O–H groups in total. The van der Waals surface area contributed by atoms with E-state index >= 15 is 0 Å². The quantitative estimate of drug-likeness (QED) is 0.451. The van der Waals surface area contributed by atoms with Gasteiger partial charge in [0, 0.05) is 6.20 Å². The van der Waals surface area contributed by atoms with Gasteiger partial charge in [-0.15, -0.1) is 0 Å². The molecule has 0 unspecified atom stereocenters. The molecule has 1 aromatic heterocycles. The van der Waals surface area contributed by atoms with Crippen LogP contribution in [0.25, 0.3) is 0 Å². The molecule has 1 heterocycles. The summed E-state index contributed by atoms with van der Waals surface area (Å²) in [5, 5.41) is 3.63. The van der Waals surface area contributed by atoms with Crippen molar-refractivity contribution in [3.63, 3.8) is 0 Å². The molecule has 0 bridgehead atoms. The fourth-order valence-electron chi connectivity index (χ4n) is 0.985. The van der Waals surface area contributed by atoms with Gasteiger partial charge in [-0.1, -0.05) is 5.16 Å². The van der Waals surface area contributed by atoms with Gasteiger partial charge in [-0.25, -0.2) is 14.8 Å². The minimum atomic E-state index is -0.647. The summed E-state index contributed by atoms with van der Waals surface area (Å²) in [6.07, 6.45) is 1.43. The summed E-state index contributed by atoms with van der Waals surface area (Å²) < 4.78 is 4.82. The van der Waals surface area contributed by atoms with Crippen LogP contribution in [-0.2, 0) is 14.4 Å². The van der Waals surface area contributed by atoms with Crippen molar-refractivity contribution in [2.24, 2.45) is 5.16 Å². The van der Waals surface area contributed by atoms with Crippen molar-refractivity contribution in [2.75, 3.05) is 18.9 Å². The normalized spacial score (nSPS) is 11.1. The zero-order chi connectivity index (χ0) is 12.7. The third-order valence-electron chi connectivity index (χ3n) is 1.64. The summed E-state index contributed by atoms with van der Waals surface area (Å²) in [6.45, 7) is 3.99. The Kier molecular flexibility index (Phi) is 4.86. The van der Waals surface area contributed by atoms with Gasteiger partial charge < -0.3 is 15.3 Å². The lowest BCUT2D eigenvalue weighted by Gasteiger charge is -2.04. The second-order valence-corrected chi connectivity index (χ2v) is 2.88. The highest BCUT2D eigenvalue weighted by Gasteiger charge is 2.19. The topological polar surface area (TPSA) is 99.7 Å². The van der Waals surface area contributed by atoms with Gasteiger partial charge in [0.1, 0.15) is 12.4 Å². The third kappa shape index (κ3) is 3.71. The maximum absolute atomic E-state index is 11.6. The molecule has 7 nitrogen and oxygen atoms in total. The van der Waals surface area contributed by atoms with E-state index < -0.39 is 5.97 Å². The number of hydrogen-bond acceptors (Lipinski definition) is 7. The molecule has 0 amide bonds. The third-order valence-corrected chi connectivity index (χ3v) is 1.64. The van der Waals surface area contributed by atoms with Crippen molar-refractivity contribution in [1.82, 2.24) is 9.97 Å². The van der Waals surface area contributed by atoms with E-state index in [1.807, 2.05) is 0 Å². The van der Waals surface area contributed by atoms with Crippen molar-refractivity contribution in [1.29, 1.82) is 0 Å². The Labute approximate surface area is 98.6 Å². The van der Waals surface area contributed by atoms with Crippen LogP contribution in [0.3, 0.4) is 0 Å². The van der Waals surface area contributed by atoms with Crippen molar-refractivity contribution in [3.8, 4) is 0 Å². The van der Waals surface area contributed by atoms with Crippen LogP contribution in [0.15, 0.2) is 17.4 Å². The highest BCUT2D eigenvalue weighted by atomic mass is 16.6. The van der Waals surface area contributed by atoms with Crippen LogP contribution in [0.5, 0.6) is 0 Å². The molecule has 0 atom stereocenters. The zero-order valence-electron chi connectivity index (χ0n) is 9.71. The number of hydrogen-bond donors (Lipinski definition) is 1. The molecule has 0 spiro atoms. The molecule has 7 heteroatoms. The fourth-order valence-corrected chi connectivity index (χ4v) is 0.985. The SMILES string of the molecule is CCON=C(C(=O)OCC)c1nccc(N)n1. The summed E-state index contributed by atoms with van der Waals surface area (Å²) in [7, 11) is 0. The minimum absolute atomic E-state index is 0.0805. The van der Waals surface area contributed by atoms with E-state index in [4.69, 9.17) is 15.3 Å². The van der Waals surface area contributed by atoms with Crippen LogP contribution in [0, 0.1) is 0 Å². The van der Waals surface area contributed by atoms with Crippen molar-refractivity contribution in [3.05, 3.63) is 18.1 Å². The highest BCUT2D eigenvalue weighted by molar-refractivity contribution is 6.42. The Hall–Kier alpha value is -2.18. The molecule has 1 rings (SSSR count). The number of oxime groups is 1. The Morgan fingerprint density at radius 3 is 2.82 bits per heavy atom. The predicted octanol–water partition coefficient (Wildman–Crippen LogP) is 0.362. The van der Waals surface area contributed by atoms with E-state index in [2.05, 4.69) is 15.1 Å². The lowest BCUT2D eigenvalue weighted by atomic mass is 10.3. The predicted molar refractivity (Wildman–Crippen MR) is 61.2 cm³/mol. The number of aromatic nitrogens is 2. The number of esters is 1. The maximum Gasteiger partial charge on any atom is 0.364 e. The lowest BCUT2D eigenvalue weighted by molar-refractivity contribution is -0.135. The highest BCUT2D eigenvalue weighted by Crippen LogP contribution is 2.01. The van der Waals surface area contributed by atoms with Crippen molar-refractivity contribution in [2.45, 2.75) is 13.8 Å². The molecule has 0 saturated carbocycles. The fraction of sp³-hybridized carbons (Fsp3) is 0.400. The Balaban J connectivity index is 3.02. The molecule has 92 valence electrons. The summed E-state index contributed by atoms with van der Waals surface area (Å²) in [5.41, 5.74) is 5.40. The van der Waals surface area contributed by atoms with Gasteiger partial charge in [0.2, 0.25) is 5.71 Å². The summed E-state index contributed by atoms with van der Waals surface area (Å²) >= 11 is 0. The largest absolute Gasteiger partial charge is 0.461 e. The van der Waals surface area contributed by atoms with Crippen LogP contribution in [0.1, 0.15) is 19.7 Å². The minimum Gasteiger partial charge on any atom is -0.461 e. The van der Waals surface area contributed by atoms with Crippen LogP contribution < -0.4 is 5.73 Å². The molecule has 17 heavy (non-hydrogen) atoms.